The Hall–Kier alpha value is -1.28. The molecule has 2 nitrogen and oxygen atoms in total. The van der Waals surface area contributed by atoms with Crippen LogP contribution in [-0.2, 0) is 12.8 Å². The first-order chi connectivity index (χ1) is 8.48. The molecule has 0 aliphatic heterocycles. The summed E-state index contributed by atoms with van der Waals surface area (Å²) in [5.74, 6) is 0. The SMILES string of the molecule is CC1(C)CCc2c(nc3cccc(Cl)c3c2N)C1. The number of nitrogens with zero attached hydrogens (tertiary/aromatic N) is 1. The maximum Gasteiger partial charge on any atom is 0.0741 e. The van der Waals surface area contributed by atoms with Crippen molar-refractivity contribution >= 4 is 28.2 Å². The third-order valence-corrected chi connectivity index (χ3v) is 4.20. The van der Waals surface area contributed by atoms with Crippen LogP contribution in [-0.4, -0.2) is 4.98 Å². The molecule has 0 radical (unpaired) electrons. The molecule has 0 saturated heterocycles. The summed E-state index contributed by atoms with van der Waals surface area (Å²) in [7, 11) is 0. The van der Waals surface area contributed by atoms with Crippen molar-refractivity contribution in [1.29, 1.82) is 0 Å². The highest BCUT2D eigenvalue weighted by Crippen LogP contribution is 2.40. The first-order valence-corrected chi connectivity index (χ1v) is 6.71. The van der Waals surface area contributed by atoms with Gasteiger partial charge in [0.25, 0.3) is 0 Å². The molecule has 0 fully saturated rings. The highest BCUT2D eigenvalue weighted by Gasteiger charge is 2.28. The molecule has 2 N–H and O–H groups in total. The van der Waals surface area contributed by atoms with Gasteiger partial charge in [0, 0.05) is 16.8 Å². The third-order valence-electron chi connectivity index (χ3n) is 3.89. The van der Waals surface area contributed by atoms with E-state index >= 15 is 0 Å². The minimum atomic E-state index is 0.318. The fourth-order valence-electron chi connectivity index (χ4n) is 2.82. The van der Waals surface area contributed by atoms with Crippen molar-refractivity contribution in [1.82, 2.24) is 4.98 Å². The average Bonchev–Trinajstić information content (AvgIpc) is 2.27. The van der Waals surface area contributed by atoms with Gasteiger partial charge in [-0.2, -0.15) is 0 Å². The summed E-state index contributed by atoms with van der Waals surface area (Å²) in [5.41, 5.74) is 10.7. The Morgan fingerprint density at radius 3 is 2.89 bits per heavy atom. The summed E-state index contributed by atoms with van der Waals surface area (Å²) in [5, 5.41) is 1.61. The molecule has 0 spiro atoms. The normalized spacial score (nSPS) is 17.7. The molecule has 0 amide bonds. The number of nitrogen functional groups attached to an aromatic ring is 1. The topological polar surface area (TPSA) is 38.9 Å². The Bertz CT molecular complexity index is 632. The van der Waals surface area contributed by atoms with Gasteiger partial charge in [-0.15, -0.1) is 0 Å². The van der Waals surface area contributed by atoms with Gasteiger partial charge in [-0.1, -0.05) is 31.5 Å². The van der Waals surface area contributed by atoms with E-state index in [0.29, 0.717) is 10.4 Å². The zero-order chi connectivity index (χ0) is 12.9. The van der Waals surface area contributed by atoms with Crippen molar-refractivity contribution in [2.24, 2.45) is 5.41 Å². The van der Waals surface area contributed by atoms with Gasteiger partial charge in [-0.05, 0) is 42.4 Å². The number of nitrogens with two attached hydrogens (primary N) is 1. The molecule has 94 valence electrons. The van der Waals surface area contributed by atoms with Gasteiger partial charge in [0.2, 0.25) is 0 Å². The second-order valence-electron chi connectivity index (χ2n) is 5.93. The minimum absolute atomic E-state index is 0.318. The molecular weight excluding hydrogens is 244 g/mol. The molecule has 0 saturated carbocycles. The predicted molar refractivity (Wildman–Crippen MR) is 77.0 cm³/mol. The maximum absolute atomic E-state index is 6.30. The summed E-state index contributed by atoms with van der Waals surface area (Å²) >= 11 is 6.24. The number of hydrogen-bond donors (Lipinski definition) is 1. The van der Waals surface area contributed by atoms with E-state index in [1.807, 2.05) is 18.2 Å². The molecule has 3 rings (SSSR count). The average molecular weight is 261 g/mol. The fourth-order valence-corrected chi connectivity index (χ4v) is 3.09. The van der Waals surface area contributed by atoms with Crippen molar-refractivity contribution in [3.05, 3.63) is 34.5 Å². The number of fused-ring (bicyclic) bond motifs is 2. The fraction of sp³-hybridized carbons (Fsp3) is 0.400. The molecule has 1 aliphatic carbocycles. The molecule has 18 heavy (non-hydrogen) atoms. The van der Waals surface area contributed by atoms with Gasteiger partial charge >= 0.3 is 0 Å². The van der Waals surface area contributed by atoms with E-state index in [-0.39, 0.29) is 0 Å². The van der Waals surface area contributed by atoms with Crippen LogP contribution in [0, 0.1) is 5.41 Å². The van der Waals surface area contributed by atoms with Crippen LogP contribution < -0.4 is 5.73 Å². The number of benzene rings is 1. The first-order valence-electron chi connectivity index (χ1n) is 6.33. The summed E-state index contributed by atoms with van der Waals surface area (Å²) in [6, 6.07) is 5.79. The van der Waals surface area contributed by atoms with Gasteiger partial charge in [-0.3, -0.25) is 4.98 Å². The van der Waals surface area contributed by atoms with Gasteiger partial charge in [-0.25, -0.2) is 0 Å². The Morgan fingerprint density at radius 1 is 1.33 bits per heavy atom. The van der Waals surface area contributed by atoms with Gasteiger partial charge in [0.05, 0.1) is 10.5 Å². The highest BCUT2D eigenvalue weighted by molar-refractivity contribution is 6.36. The standard InChI is InChI=1S/C15H17ClN2/c1-15(2)7-6-9-12(8-15)18-11-5-3-4-10(16)13(11)14(9)17/h3-5H,6-8H2,1-2H3,(H2,17,18). The van der Waals surface area contributed by atoms with Gasteiger partial charge < -0.3 is 5.73 Å². The van der Waals surface area contributed by atoms with Crippen LogP contribution in [0.2, 0.25) is 5.02 Å². The lowest BCUT2D eigenvalue weighted by Crippen LogP contribution is -2.24. The second kappa shape index (κ2) is 3.86. The smallest absolute Gasteiger partial charge is 0.0741 e. The summed E-state index contributed by atoms with van der Waals surface area (Å²) in [4.78, 5) is 4.77. The zero-order valence-electron chi connectivity index (χ0n) is 10.8. The Labute approximate surface area is 112 Å². The van der Waals surface area contributed by atoms with E-state index in [1.165, 1.54) is 5.56 Å². The lowest BCUT2D eigenvalue weighted by molar-refractivity contribution is 0.312. The molecule has 0 atom stereocenters. The summed E-state index contributed by atoms with van der Waals surface area (Å²) < 4.78 is 0. The molecule has 1 aromatic heterocycles. The van der Waals surface area contributed by atoms with Crippen molar-refractivity contribution in [2.75, 3.05) is 5.73 Å². The van der Waals surface area contributed by atoms with Crippen molar-refractivity contribution in [3.63, 3.8) is 0 Å². The van der Waals surface area contributed by atoms with Crippen LogP contribution in [0.4, 0.5) is 5.69 Å². The molecule has 0 unspecified atom stereocenters. The van der Waals surface area contributed by atoms with Crippen LogP contribution in [0.5, 0.6) is 0 Å². The zero-order valence-corrected chi connectivity index (χ0v) is 11.5. The predicted octanol–water partition coefficient (Wildman–Crippen LogP) is 3.99. The number of anilines is 1. The van der Waals surface area contributed by atoms with Crippen LogP contribution in [0.3, 0.4) is 0 Å². The monoisotopic (exact) mass is 260 g/mol. The number of pyridine rings is 1. The maximum atomic E-state index is 6.30. The molecule has 1 aromatic carbocycles. The Morgan fingerprint density at radius 2 is 2.11 bits per heavy atom. The number of rotatable bonds is 0. The van der Waals surface area contributed by atoms with Gasteiger partial charge in [0.1, 0.15) is 0 Å². The molecule has 1 heterocycles. The molecule has 2 aromatic rings. The van der Waals surface area contributed by atoms with Crippen LogP contribution >= 0.6 is 11.6 Å². The highest BCUT2D eigenvalue weighted by atomic mass is 35.5. The first kappa shape index (κ1) is 11.8. The van der Waals surface area contributed by atoms with Crippen LogP contribution in [0.1, 0.15) is 31.5 Å². The van der Waals surface area contributed by atoms with E-state index in [2.05, 4.69) is 13.8 Å². The largest absolute Gasteiger partial charge is 0.398 e. The number of halogens is 1. The Kier molecular flexibility index (Phi) is 2.53. The van der Waals surface area contributed by atoms with Crippen molar-refractivity contribution < 1.29 is 0 Å². The lowest BCUT2D eigenvalue weighted by atomic mass is 9.75. The molecule has 1 aliphatic rings. The van der Waals surface area contributed by atoms with Gasteiger partial charge in [0.15, 0.2) is 0 Å². The Balaban J connectivity index is 2.30. The molecular formula is C15H17ClN2. The molecule has 0 bridgehead atoms. The molecule has 3 heteroatoms. The van der Waals surface area contributed by atoms with Crippen LogP contribution in [0.25, 0.3) is 10.9 Å². The van der Waals surface area contributed by atoms with E-state index in [9.17, 15) is 0 Å². The van der Waals surface area contributed by atoms with Crippen molar-refractivity contribution in [3.8, 4) is 0 Å². The quantitative estimate of drug-likeness (QED) is 0.778. The van der Waals surface area contributed by atoms with Crippen molar-refractivity contribution in [2.45, 2.75) is 33.1 Å². The number of aromatic nitrogens is 1. The second-order valence-corrected chi connectivity index (χ2v) is 6.33. The van der Waals surface area contributed by atoms with E-state index in [1.54, 1.807) is 0 Å². The summed E-state index contributed by atoms with van der Waals surface area (Å²) in [6.07, 6.45) is 3.15. The van der Waals surface area contributed by atoms with E-state index in [0.717, 1.165) is 41.5 Å². The lowest BCUT2D eigenvalue weighted by Gasteiger charge is -2.31. The third kappa shape index (κ3) is 1.76. The summed E-state index contributed by atoms with van der Waals surface area (Å²) in [6.45, 7) is 4.58. The van der Waals surface area contributed by atoms with E-state index < -0.39 is 0 Å². The minimum Gasteiger partial charge on any atom is -0.398 e. The van der Waals surface area contributed by atoms with E-state index in [4.69, 9.17) is 22.3 Å². The van der Waals surface area contributed by atoms with Crippen LogP contribution in [0.15, 0.2) is 18.2 Å². The number of hydrogen-bond acceptors (Lipinski definition) is 2.